The van der Waals surface area contributed by atoms with E-state index in [0.29, 0.717) is 35.7 Å². The number of likely N-dealkylation sites (N-methyl/N-ethyl adjacent to an activating group) is 1. The number of hydrogen-bond donors (Lipinski definition) is 1. The Morgan fingerprint density at radius 3 is 2.71 bits per heavy atom. The maximum absolute atomic E-state index is 12.8. The number of hydrogen-bond acceptors (Lipinski definition) is 6. The standard InChI is InChI=1S/C26H28ClN5O2/c1-31-9-11-32(12-10-31)25(33)8-5-20-17-29-23-6-3-18(15-28)13-21(23)26(20)30-16-19-4-7-24(34-2)22(27)14-19/h3-4,6-7,13-14,17H,5,8-12,16H2,1-2H3,(H,29,30). The minimum atomic E-state index is 0.159. The van der Waals surface area contributed by atoms with Gasteiger partial charge in [0.1, 0.15) is 5.75 Å². The van der Waals surface area contributed by atoms with Crippen LogP contribution in [0.4, 0.5) is 5.69 Å². The van der Waals surface area contributed by atoms with Gasteiger partial charge in [-0.05, 0) is 54.9 Å². The van der Waals surface area contributed by atoms with Crippen LogP contribution in [0.25, 0.3) is 10.9 Å². The number of ether oxygens (including phenoxy) is 1. The smallest absolute Gasteiger partial charge is 0.222 e. The minimum Gasteiger partial charge on any atom is -0.495 e. The molecule has 1 aromatic heterocycles. The summed E-state index contributed by atoms with van der Waals surface area (Å²) in [4.78, 5) is 21.6. The molecule has 1 amide bonds. The van der Waals surface area contributed by atoms with Gasteiger partial charge in [-0.3, -0.25) is 9.78 Å². The fourth-order valence-corrected chi connectivity index (χ4v) is 4.45. The second kappa shape index (κ2) is 10.7. The molecule has 0 bridgehead atoms. The molecular weight excluding hydrogens is 450 g/mol. The molecule has 0 spiro atoms. The molecule has 8 heteroatoms. The summed E-state index contributed by atoms with van der Waals surface area (Å²) in [6.07, 6.45) is 2.81. The number of fused-ring (bicyclic) bond motifs is 1. The van der Waals surface area contributed by atoms with Crippen molar-refractivity contribution in [1.82, 2.24) is 14.8 Å². The summed E-state index contributed by atoms with van der Waals surface area (Å²) in [5.74, 6) is 0.786. The first kappa shape index (κ1) is 23.8. The lowest BCUT2D eigenvalue weighted by atomic mass is 10.0. The molecular formula is C26H28ClN5O2. The number of pyridine rings is 1. The Morgan fingerprint density at radius 1 is 1.21 bits per heavy atom. The summed E-state index contributed by atoms with van der Waals surface area (Å²) < 4.78 is 5.25. The van der Waals surface area contributed by atoms with E-state index in [4.69, 9.17) is 16.3 Å². The van der Waals surface area contributed by atoms with Crippen LogP contribution in [0.1, 0.15) is 23.1 Å². The highest BCUT2D eigenvalue weighted by Gasteiger charge is 2.20. The van der Waals surface area contributed by atoms with E-state index >= 15 is 0 Å². The van der Waals surface area contributed by atoms with Crippen LogP contribution in [0.3, 0.4) is 0 Å². The van der Waals surface area contributed by atoms with Gasteiger partial charge in [-0.2, -0.15) is 5.26 Å². The molecule has 34 heavy (non-hydrogen) atoms. The zero-order valence-electron chi connectivity index (χ0n) is 19.5. The third-order valence-electron chi connectivity index (χ3n) is 6.23. The lowest BCUT2D eigenvalue weighted by Gasteiger charge is -2.32. The third kappa shape index (κ3) is 5.41. The molecule has 1 N–H and O–H groups in total. The minimum absolute atomic E-state index is 0.159. The topological polar surface area (TPSA) is 81.5 Å². The first-order chi connectivity index (χ1) is 16.5. The molecule has 4 rings (SSSR count). The van der Waals surface area contributed by atoms with Gasteiger partial charge in [-0.15, -0.1) is 0 Å². The van der Waals surface area contributed by atoms with Crippen molar-refractivity contribution in [3.8, 4) is 11.8 Å². The van der Waals surface area contributed by atoms with Crippen molar-refractivity contribution in [2.45, 2.75) is 19.4 Å². The third-order valence-corrected chi connectivity index (χ3v) is 6.52. The molecule has 7 nitrogen and oxygen atoms in total. The number of nitriles is 1. The van der Waals surface area contributed by atoms with Gasteiger partial charge in [0.05, 0.1) is 29.3 Å². The molecule has 2 aromatic carbocycles. The second-order valence-corrected chi connectivity index (χ2v) is 8.92. The number of benzene rings is 2. The number of aryl methyl sites for hydroxylation is 1. The molecule has 0 radical (unpaired) electrons. The van der Waals surface area contributed by atoms with Gasteiger partial charge in [0, 0.05) is 56.4 Å². The molecule has 0 saturated carbocycles. The number of nitrogens with zero attached hydrogens (tertiary/aromatic N) is 4. The monoisotopic (exact) mass is 477 g/mol. The number of anilines is 1. The average Bonchev–Trinajstić information content (AvgIpc) is 2.86. The molecule has 1 saturated heterocycles. The fraction of sp³-hybridized carbons (Fsp3) is 0.346. The first-order valence-electron chi connectivity index (χ1n) is 11.3. The van der Waals surface area contributed by atoms with Gasteiger partial charge >= 0.3 is 0 Å². The van der Waals surface area contributed by atoms with Crippen molar-refractivity contribution in [2.75, 3.05) is 45.7 Å². The Hall–Kier alpha value is -3.34. The highest BCUT2D eigenvalue weighted by atomic mass is 35.5. The van der Waals surface area contributed by atoms with E-state index in [1.165, 1.54) is 0 Å². The summed E-state index contributed by atoms with van der Waals surface area (Å²) >= 11 is 6.30. The Morgan fingerprint density at radius 2 is 2.00 bits per heavy atom. The van der Waals surface area contributed by atoms with Gasteiger partial charge in [0.15, 0.2) is 0 Å². The number of halogens is 1. The Kier molecular flexibility index (Phi) is 7.51. The number of nitrogens with one attached hydrogen (secondary N) is 1. The quantitative estimate of drug-likeness (QED) is 0.552. The molecule has 1 aliphatic heterocycles. The van der Waals surface area contributed by atoms with Gasteiger partial charge in [0.25, 0.3) is 0 Å². The number of carbonyl (C=O) groups excluding carboxylic acids is 1. The average molecular weight is 478 g/mol. The molecule has 1 fully saturated rings. The van der Waals surface area contributed by atoms with E-state index in [1.807, 2.05) is 41.4 Å². The van der Waals surface area contributed by atoms with Crippen LogP contribution in [0, 0.1) is 11.3 Å². The van der Waals surface area contributed by atoms with E-state index in [9.17, 15) is 10.1 Å². The van der Waals surface area contributed by atoms with Crippen LogP contribution in [0.15, 0.2) is 42.6 Å². The summed E-state index contributed by atoms with van der Waals surface area (Å²) in [6, 6.07) is 13.3. The van der Waals surface area contributed by atoms with E-state index < -0.39 is 0 Å². The van der Waals surface area contributed by atoms with Crippen LogP contribution in [-0.2, 0) is 17.8 Å². The predicted molar refractivity (Wildman–Crippen MR) is 134 cm³/mol. The van der Waals surface area contributed by atoms with Gasteiger partial charge in [0.2, 0.25) is 5.91 Å². The number of rotatable bonds is 7. The summed E-state index contributed by atoms with van der Waals surface area (Å²) in [5, 5.41) is 14.3. The lowest BCUT2D eigenvalue weighted by molar-refractivity contribution is -0.132. The number of aromatic nitrogens is 1. The largest absolute Gasteiger partial charge is 0.495 e. The normalized spacial score (nSPS) is 14.1. The predicted octanol–water partition coefficient (Wildman–Crippen LogP) is 4.09. The Balaban J connectivity index is 1.58. The number of carbonyl (C=O) groups is 1. The van der Waals surface area contributed by atoms with E-state index in [1.54, 1.807) is 13.2 Å². The van der Waals surface area contributed by atoms with Crippen LogP contribution in [0.5, 0.6) is 5.75 Å². The molecule has 1 aliphatic rings. The molecule has 2 heterocycles. The van der Waals surface area contributed by atoms with Crippen LogP contribution in [0.2, 0.25) is 5.02 Å². The van der Waals surface area contributed by atoms with Crippen molar-refractivity contribution >= 4 is 34.1 Å². The van der Waals surface area contributed by atoms with E-state index in [-0.39, 0.29) is 5.91 Å². The van der Waals surface area contributed by atoms with Crippen molar-refractivity contribution < 1.29 is 9.53 Å². The summed E-state index contributed by atoms with van der Waals surface area (Å²) in [5.41, 5.74) is 4.19. The molecule has 0 unspecified atom stereocenters. The van der Waals surface area contributed by atoms with Crippen molar-refractivity contribution in [1.29, 1.82) is 5.26 Å². The molecule has 0 aliphatic carbocycles. The van der Waals surface area contributed by atoms with Crippen molar-refractivity contribution in [3.05, 3.63) is 64.3 Å². The molecule has 176 valence electrons. The number of amides is 1. The first-order valence-corrected chi connectivity index (χ1v) is 11.7. The summed E-state index contributed by atoms with van der Waals surface area (Å²) in [7, 11) is 3.66. The van der Waals surface area contributed by atoms with Gasteiger partial charge in [-0.25, -0.2) is 0 Å². The van der Waals surface area contributed by atoms with Crippen LogP contribution >= 0.6 is 11.6 Å². The van der Waals surface area contributed by atoms with E-state index in [0.717, 1.165) is 53.9 Å². The molecule has 0 atom stereocenters. The maximum atomic E-state index is 12.8. The number of methoxy groups -OCH3 is 1. The Labute approximate surface area is 204 Å². The zero-order chi connectivity index (χ0) is 24.1. The van der Waals surface area contributed by atoms with Gasteiger partial charge in [-0.1, -0.05) is 17.7 Å². The van der Waals surface area contributed by atoms with E-state index in [2.05, 4.69) is 28.3 Å². The lowest BCUT2D eigenvalue weighted by Crippen LogP contribution is -2.47. The zero-order valence-corrected chi connectivity index (χ0v) is 20.2. The second-order valence-electron chi connectivity index (χ2n) is 8.51. The SMILES string of the molecule is COc1ccc(CNc2c(CCC(=O)N3CCN(C)CC3)cnc3ccc(C#N)cc23)cc1Cl. The van der Waals surface area contributed by atoms with Crippen molar-refractivity contribution in [2.24, 2.45) is 0 Å². The van der Waals surface area contributed by atoms with Gasteiger partial charge < -0.3 is 19.9 Å². The van der Waals surface area contributed by atoms with Crippen molar-refractivity contribution in [3.63, 3.8) is 0 Å². The van der Waals surface area contributed by atoms with Crippen LogP contribution in [-0.4, -0.2) is 61.0 Å². The fourth-order valence-electron chi connectivity index (χ4n) is 4.17. The molecule has 3 aromatic rings. The highest BCUT2D eigenvalue weighted by Crippen LogP contribution is 2.30. The highest BCUT2D eigenvalue weighted by molar-refractivity contribution is 6.32. The Bertz CT molecular complexity index is 1230. The number of piperazine rings is 1. The maximum Gasteiger partial charge on any atom is 0.222 e. The van der Waals surface area contributed by atoms with Crippen LogP contribution < -0.4 is 10.1 Å². The summed E-state index contributed by atoms with van der Waals surface area (Å²) in [6.45, 7) is 3.86.